The van der Waals surface area contributed by atoms with Crippen molar-refractivity contribution in [3.05, 3.63) is 0 Å². The van der Waals surface area contributed by atoms with Crippen LogP contribution >= 0.6 is 0 Å². The molecule has 82 valence electrons. The average molecular weight is 194 g/mol. The first-order chi connectivity index (χ1) is 6.18. The third kappa shape index (κ3) is 24.5. The van der Waals surface area contributed by atoms with Gasteiger partial charge in [-0.2, -0.15) is 0 Å². The predicted molar refractivity (Wildman–Crippen MR) is 50.9 cm³/mol. The topological polar surface area (TPSA) is 80.9 Å². The van der Waals surface area contributed by atoms with Gasteiger partial charge in [0.15, 0.2) is 6.29 Å². The summed E-state index contributed by atoms with van der Waals surface area (Å²) in [6.07, 6.45) is 5.24. The highest BCUT2D eigenvalue weighted by Gasteiger charge is 1.95. The molecule has 0 saturated heterocycles. The molecule has 0 heterocycles. The number of hydrogen-bond acceptors (Lipinski definition) is 4. The minimum atomic E-state index is -1.10. The van der Waals surface area contributed by atoms with Crippen molar-refractivity contribution < 1.29 is 20.4 Å². The fourth-order valence-corrected chi connectivity index (χ4v) is 0.930. The van der Waals surface area contributed by atoms with E-state index in [0.29, 0.717) is 6.42 Å². The minimum absolute atomic E-state index is 0.531. The van der Waals surface area contributed by atoms with E-state index in [9.17, 15) is 0 Å². The molecular weight excluding hydrogens is 172 g/mol. The SMILES string of the molecule is CCCCCCCC(O)O.OCO. The Hall–Kier alpha value is -0.160. The molecule has 0 fully saturated rings. The first kappa shape index (κ1) is 15.3. The van der Waals surface area contributed by atoms with Crippen LogP contribution in [0.25, 0.3) is 0 Å². The fourth-order valence-electron chi connectivity index (χ4n) is 0.930. The lowest BCUT2D eigenvalue weighted by atomic mass is 10.1. The molecule has 13 heavy (non-hydrogen) atoms. The monoisotopic (exact) mass is 194 g/mol. The van der Waals surface area contributed by atoms with E-state index < -0.39 is 13.1 Å². The molecule has 4 nitrogen and oxygen atoms in total. The van der Waals surface area contributed by atoms with Crippen LogP contribution in [0.1, 0.15) is 45.4 Å². The van der Waals surface area contributed by atoms with Crippen molar-refractivity contribution >= 4 is 0 Å². The zero-order valence-electron chi connectivity index (χ0n) is 8.32. The number of aliphatic hydroxyl groups is 4. The summed E-state index contributed by atoms with van der Waals surface area (Å²) < 4.78 is 0. The summed E-state index contributed by atoms with van der Waals surface area (Å²) in [4.78, 5) is 0. The lowest BCUT2D eigenvalue weighted by Gasteiger charge is -2.01. The van der Waals surface area contributed by atoms with E-state index in [1.165, 1.54) is 19.3 Å². The summed E-state index contributed by atoms with van der Waals surface area (Å²) in [5.74, 6) is 0. The van der Waals surface area contributed by atoms with Gasteiger partial charge in [-0.1, -0.05) is 32.6 Å². The highest BCUT2D eigenvalue weighted by molar-refractivity contribution is 4.44. The summed E-state index contributed by atoms with van der Waals surface area (Å²) in [5, 5.41) is 31.2. The summed E-state index contributed by atoms with van der Waals surface area (Å²) >= 11 is 0. The molecule has 0 atom stereocenters. The lowest BCUT2D eigenvalue weighted by Crippen LogP contribution is -2.02. The van der Waals surface area contributed by atoms with Crippen molar-refractivity contribution in [1.82, 2.24) is 0 Å². The highest BCUT2D eigenvalue weighted by Crippen LogP contribution is 2.05. The van der Waals surface area contributed by atoms with Gasteiger partial charge in [-0.15, -0.1) is 0 Å². The Labute approximate surface area is 79.8 Å². The number of unbranched alkanes of at least 4 members (excludes halogenated alkanes) is 4. The second-order valence-electron chi connectivity index (χ2n) is 2.82. The Morgan fingerprint density at radius 3 is 1.77 bits per heavy atom. The van der Waals surface area contributed by atoms with Crippen molar-refractivity contribution in [3.8, 4) is 0 Å². The maximum absolute atomic E-state index is 8.46. The molecule has 0 aliphatic heterocycles. The Bertz CT molecular complexity index is 76.0. The molecule has 0 aliphatic carbocycles. The van der Waals surface area contributed by atoms with Crippen LogP contribution in [-0.2, 0) is 0 Å². The molecule has 0 aromatic rings. The molecule has 0 aromatic carbocycles. The Morgan fingerprint density at radius 2 is 1.38 bits per heavy atom. The Balaban J connectivity index is 0. The minimum Gasteiger partial charge on any atom is -0.371 e. The van der Waals surface area contributed by atoms with Gasteiger partial charge >= 0.3 is 0 Å². The van der Waals surface area contributed by atoms with Crippen molar-refractivity contribution in [1.29, 1.82) is 0 Å². The van der Waals surface area contributed by atoms with Gasteiger partial charge in [0.25, 0.3) is 0 Å². The third-order valence-electron chi connectivity index (χ3n) is 1.57. The quantitative estimate of drug-likeness (QED) is 0.368. The smallest absolute Gasteiger partial charge is 0.151 e. The Morgan fingerprint density at radius 1 is 0.923 bits per heavy atom. The summed E-state index contributed by atoms with van der Waals surface area (Å²) in [7, 11) is 0. The van der Waals surface area contributed by atoms with E-state index in [4.69, 9.17) is 20.4 Å². The van der Waals surface area contributed by atoms with Gasteiger partial charge in [0, 0.05) is 0 Å². The van der Waals surface area contributed by atoms with Crippen LogP contribution in [0.5, 0.6) is 0 Å². The fraction of sp³-hybridized carbons (Fsp3) is 1.00. The van der Waals surface area contributed by atoms with Gasteiger partial charge in [0.05, 0.1) is 0 Å². The van der Waals surface area contributed by atoms with E-state index in [1.54, 1.807) is 0 Å². The van der Waals surface area contributed by atoms with Crippen LogP contribution in [0.15, 0.2) is 0 Å². The first-order valence-electron chi connectivity index (χ1n) is 4.76. The molecule has 4 heteroatoms. The molecule has 0 radical (unpaired) electrons. The predicted octanol–water partition coefficient (Wildman–Crippen LogP) is 0.586. The number of hydrogen-bond donors (Lipinski definition) is 4. The van der Waals surface area contributed by atoms with E-state index in [-0.39, 0.29) is 0 Å². The van der Waals surface area contributed by atoms with Crippen LogP contribution in [0, 0.1) is 0 Å². The van der Waals surface area contributed by atoms with Crippen molar-refractivity contribution in [2.75, 3.05) is 6.79 Å². The normalized spacial score (nSPS) is 9.69. The maximum atomic E-state index is 8.46. The van der Waals surface area contributed by atoms with Crippen LogP contribution in [0.3, 0.4) is 0 Å². The van der Waals surface area contributed by atoms with Gasteiger partial charge in [-0.3, -0.25) is 0 Å². The van der Waals surface area contributed by atoms with Crippen LogP contribution in [0.2, 0.25) is 0 Å². The highest BCUT2D eigenvalue weighted by atomic mass is 16.5. The second-order valence-corrected chi connectivity index (χ2v) is 2.82. The van der Waals surface area contributed by atoms with E-state index in [1.807, 2.05) is 0 Å². The zero-order valence-corrected chi connectivity index (χ0v) is 8.32. The largest absolute Gasteiger partial charge is 0.371 e. The molecule has 0 unspecified atom stereocenters. The van der Waals surface area contributed by atoms with Crippen molar-refractivity contribution in [2.24, 2.45) is 0 Å². The van der Waals surface area contributed by atoms with E-state index >= 15 is 0 Å². The molecular formula is C9H22O4. The maximum Gasteiger partial charge on any atom is 0.151 e. The molecule has 0 aliphatic rings. The van der Waals surface area contributed by atoms with Crippen LogP contribution in [-0.4, -0.2) is 33.5 Å². The van der Waals surface area contributed by atoms with E-state index in [0.717, 1.165) is 12.8 Å². The first-order valence-corrected chi connectivity index (χ1v) is 4.76. The molecule has 0 spiro atoms. The van der Waals surface area contributed by atoms with Gasteiger partial charge in [0.1, 0.15) is 6.79 Å². The lowest BCUT2D eigenvalue weighted by molar-refractivity contribution is -0.0466. The van der Waals surface area contributed by atoms with Gasteiger partial charge in [0.2, 0.25) is 0 Å². The zero-order chi connectivity index (χ0) is 10.5. The molecule has 0 aromatic heterocycles. The van der Waals surface area contributed by atoms with Crippen molar-refractivity contribution in [2.45, 2.75) is 51.7 Å². The van der Waals surface area contributed by atoms with Crippen molar-refractivity contribution in [3.63, 3.8) is 0 Å². The van der Waals surface area contributed by atoms with Crippen LogP contribution < -0.4 is 0 Å². The second kappa shape index (κ2) is 14.4. The van der Waals surface area contributed by atoms with Crippen LogP contribution in [0.4, 0.5) is 0 Å². The Kier molecular flexibility index (Phi) is 16.9. The summed E-state index contributed by atoms with van der Waals surface area (Å²) in [6, 6.07) is 0. The number of rotatable bonds is 6. The third-order valence-corrected chi connectivity index (χ3v) is 1.57. The van der Waals surface area contributed by atoms with Gasteiger partial charge < -0.3 is 20.4 Å². The van der Waals surface area contributed by atoms with Gasteiger partial charge in [-0.05, 0) is 12.8 Å². The van der Waals surface area contributed by atoms with E-state index in [2.05, 4.69) is 6.92 Å². The standard InChI is InChI=1S/C8H18O2.CH4O2/c1-2-3-4-5-6-7-8(9)10;2-1-3/h8-10H,2-7H2,1H3;2-3H,1H2. The summed E-state index contributed by atoms with van der Waals surface area (Å²) in [6.45, 7) is 1.42. The molecule has 0 rings (SSSR count). The summed E-state index contributed by atoms with van der Waals surface area (Å²) in [5.41, 5.74) is 0. The van der Waals surface area contributed by atoms with Gasteiger partial charge in [-0.25, -0.2) is 0 Å². The molecule has 4 N–H and O–H groups in total. The molecule has 0 saturated carbocycles. The number of aliphatic hydroxyl groups excluding tert-OH is 2. The molecule has 0 bridgehead atoms. The average Bonchev–Trinajstić information content (AvgIpc) is 2.05. The molecule has 0 amide bonds.